The van der Waals surface area contributed by atoms with Crippen LogP contribution in [0.15, 0.2) is 36.7 Å². The summed E-state index contributed by atoms with van der Waals surface area (Å²) in [4.78, 5) is 26.8. The number of hydrogen-bond donors (Lipinski definition) is 3. The van der Waals surface area contributed by atoms with E-state index in [1.807, 2.05) is 18.2 Å². The van der Waals surface area contributed by atoms with Gasteiger partial charge in [0.15, 0.2) is 0 Å². The largest absolute Gasteiger partial charge is 0.465 e. The molecule has 1 saturated heterocycles. The molecule has 0 saturated carbocycles. The maximum atomic E-state index is 14.3. The molecule has 2 aliphatic heterocycles. The number of aromatic amines is 1. The van der Waals surface area contributed by atoms with Crippen molar-refractivity contribution in [3.63, 3.8) is 0 Å². The van der Waals surface area contributed by atoms with Crippen molar-refractivity contribution in [2.45, 2.75) is 12.8 Å². The second kappa shape index (κ2) is 8.23. The van der Waals surface area contributed by atoms with Gasteiger partial charge in [0.2, 0.25) is 0 Å². The number of halogens is 1. The van der Waals surface area contributed by atoms with E-state index in [0.29, 0.717) is 42.5 Å². The third-order valence-electron chi connectivity index (χ3n) is 6.21. The first kappa shape index (κ1) is 20.4. The molecule has 4 heterocycles. The van der Waals surface area contributed by atoms with Gasteiger partial charge in [-0.15, -0.1) is 0 Å². The lowest BCUT2D eigenvalue weighted by atomic mass is 9.92. The molecular weight excluding hydrogens is 411 g/mol. The van der Waals surface area contributed by atoms with Crippen molar-refractivity contribution in [1.82, 2.24) is 24.8 Å². The summed E-state index contributed by atoms with van der Waals surface area (Å²) >= 11 is 0. The van der Waals surface area contributed by atoms with Crippen molar-refractivity contribution >= 4 is 34.2 Å². The van der Waals surface area contributed by atoms with Gasteiger partial charge >= 0.3 is 6.09 Å². The fourth-order valence-electron chi connectivity index (χ4n) is 4.51. The molecule has 3 aromatic rings. The lowest BCUT2D eigenvalue weighted by Crippen LogP contribution is -2.44. The van der Waals surface area contributed by atoms with Gasteiger partial charge in [0.1, 0.15) is 23.6 Å². The number of H-pyrrole nitrogens is 1. The van der Waals surface area contributed by atoms with Crippen LogP contribution in [-0.4, -0.2) is 69.2 Å². The van der Waals surface area contributed by atoms with Gasteiger partial charge in [0.05, 0.1) is 5.39 Å². The molecule has 3 N–H and O–H groups in total. The number of rotatable bonds is 5. The molecule has 32 heavy (non-hydrogen) atoms. The number of nitrogens with one attached hydrogen (secondary N) is 2. The van der Waals surface area contributed by atoms with E-state index in [1.165, 1.54) is 17.3 Å². The molecule has 1 fully saturated rings. The van der Waals surface area contributed by atoms with E-state index in [-0.39, 0.29) is 5.82 Å². The van der Waals surface area contributed by atoms with Crippen molar-refractivity contribution in [3.8, 4) is 0 Å². The summed E-state index contributed by atoms with van der Waals surface area (Å²) in [5.74, 6) is 0.951. The minimum Gasteiger partial charge on any atom is -0.465 e. The highest BCUT2D eigenvalue weighted by molar-refractivity contribution is 5.92. The first-order chi connectivity index (χ1) is 15.5. The Hall–Kier alpha value is -3.46. The SMILES string of the molecule is CN1CC(Cc2cc(Nc3ncnc4[nH]c(C5=CCN(C(=O)O)CC5)cc34)ccc2F)C1. The zero-order valence-electron chi connectivity index (χ0n) is 17.8. The van der Waals surface area contributed by atoms with Crippen LogP contribution in [0.1, 0.15) is 17.7 Å². The maximum Gasteiger partial charge on any atom is 0.407 e. The van der Waals surface area contributed by atoms with Crippen LogP contribution in [0.5, 0.6) is 0 Å². The summed E-state index contributed by atoms with van der Waals surface area (Å²) in [5.41, 5.74) is 4.15. The Morgan fingerprint density at radius 2 is 2.16 bits per heavy atom. The van der Waals surface area contributed by atoms with Crippen LogP contribution in [0.3, 0.4) is 0 Å². The minimum atomic E-state index is -0.905. The van der Waals surface area contributed by atoms with E-state index in [1.54, 1.807) is 6.07 Å². The number of likely N-dealkylation sites (tertiary alicyclic amines) is 1. The monoisotopic (exact) mass is 436 g/mol. The van der Waals surface area contributed by atoms with Crippen molar-refractivity contribution < 1.29 is 14.3 Å². The van der Waals surface area contributed by atoms with Crippen LogP contribution in [0.2, 0.25) is 0 Å². The van der Waals surface area contributed by atoms with Gasteiger partial charge in [-0.1, -0.05) is 6.08 Å². The molecule has 1 aromatic carbocycles. The zero-order chi connectivity index (χ0) is 22.2. The second-order valence-electron chi connectivity index (χ2n) is 8.60. The number of anilines is 2. The van der Waals surface area contributed by atoms with Crippen molar-refractivity contribution in [2.75, 3.05) is 38.5 Å². The van der Waals surface area contributed by atoms with Crippen LogP contribution in [0.25, 0.3) is 16.6 Å². The summed E-state index contributed by atoms with van der Waals surface area (Å²) in [5, 5.41) is 13.3. The summed E-state index contributed by atoms with van der Waals surface area (Å²) in [7, 11) is 2.07. The van der Waals surface area contributed by atoms with Gasteiger partial charge in [-0.2, -0.15) is 0 Å². The maximum absolute atomic E-state index is 14.3. The average Bonchev–Trinajstić information content (AvgIpc) is 3.20. The minimum absolute atomic E-state index is 0.179. The Bertz CT molecular complexity index is 1200. The first-order valence-electron chi connectivity index (χ1n) is 10.7. The van der Waals surface area contributed by atoms with Crippen molar-refractivity contribution in [3.05, 3.63) is 53.7 Å². The average molecular weight is 436 g/mol. The fraction of sp³-hybridized carbons (Fsp3) is 0.348. The van der Waals surface area contributed by atoms with Gasteiger partial charge in [0, 0.05) is 37.6 Å². The highest BCUT2D eigenvalue weighted by Crippen LogP contribution is 2.30. The number of carboxylic acid groups (broad SMARTS) is 1. The summed E-state index contributed by atoms with van der Waals surface area (Å²) in [6.07, 6.45) is 3.86. The summed E-state index contributed by atoms with van der Waals surface area (Å²) in [6.45, 7) is 2.82. The van der Waals surface area contributed by atoms with Gasteiger partial charge in [-0.05, 0) is 61.2 Å². The lowest BCUT2D eigenvalue weighted by molar-refractivity contribution is 0.134. The van der Waals surface area contributed by atoms with E-state index in [9.17, 15) is 9.18 Å². The molecule has 1 amide bonds. The number of amides is 1. The molecule has 0 spiro atoms. The molecule has 8 nitrogen and oxygen atoms in total. The zero-order valence-corrected chi connectivity index (χ0v) is 17.8. The normalized spacial score (nSPS) is 17.3. The summed E-state index contributed by atoms with van der Waals surface area (Å²) < 4.78 is 14.3. The summed E-state index contributed by atoms with van der Waals surface area (Å²) in [6, 6.07) is 7.06. The number of benzene rings is 1. The smallest absolute Gasteiger partial charge is 0.407 e. The Kier molecular flexibility index (Phi) is 5.26. The van der Waals surface area contributed by atoms with E-state index < -0.39 is 6.09 Å². The Labute approximate surface area is 184 Å². The molecule has 166 valence electrons. The van der Waals surface area contributed by atoms with Gasteiger partial charge in [-0.25, -0.2) is 19.2 Å². The predicted octanol–water partition coefficient (Wildman–Crippen LogP) is 3.71. The fourth-order valence-corrected chi connectivity index (χ4v) is 4.51. The number of carbonyl (C=O) groups is 1. The van der Waals surface area contributed by atoms with Gasteiger partial charge < -0.3 is 25.2 Å². The van der Waals surface area contributed by atoms with E-state index in [2.05, 4.69) is 32.2 Å². The number of nitrogens with zero attached hydrogens (tertiary/aromatic N) is 4. The van der Waals surface area contributed by atoms with E-state index in [4.69, 9.17) is 5.11 Å². The third-order valence-corrected chi connectivity index (χ3v) is 6.21. The third kappa shape index (κ3) is 4.03. The number of aromatic nitrogens is 3. The topological polar surface area (TPSA) is 97.4 Å². The molecule has 5 rings (SSSR count). The van der Waals surface area contributed by atoms with Crippen LogP contribution in [-0.2, 0) is 6.42 Å². The molecule has 0 unspecified atom stereocenters. The number of hydrogen-bond acceptors (Lipinski definition) is 5. The predicted molar refractivity (Wildman–Crippen MR) is 120 cm³/mol. The standard InChI is InChI=1S/C23H25FN6O2/c1-29-11-14(12-29)8-16-9-17(2-3-19(16)24)27-21-18-10-20(28-22(18)26-13-25-21)15-4-6-30(7-5-15)23(31)32/h2-4,9-10,13-14H,5-8,11-12H2,1H3,(H,31,32)(H2,25,26,27,28). The van der Waals surface area contributed by atoms with E-state index >= 15 is 0 Å². The van der Waals surface area contributed by atoms with Crippen LogP contribution in [0.4, 0.5) is 20.7 Å². The molecule has 9 heteroatoms. The Morgan fingerprint density at radius 1 is 1.31 bits per heavy atom. The van der Waals surface area contributed by atoms with Crippen LogP contribution >= 0.6 is 0 Å². The van der Waals surface area contributed by atoms with Crippen molar-refractivity contribution in [2.24, 2.45) is 5.92 Å². The quantitative estimate of drug-likeness (QED) is 0.564. The molecule has 2 aromatic heterocycles. The Balaban J connectivity index is 1.38. The molecular formula is C23H25FN6O2. The van der Waals surface area contributed by atoms with Crippen LogP contribution in [0, 0.1) is 11.7 Å². The number of fused-ring (bicyclic) bond motifs is 1. The highest BCUT2D eigenvalue weighted by Gasteiger charge is 2.24. The van der Waals surface area contributed by atoms with E-state index in [0.717, 1.165) is 41.9 Å². The second-order valence-corrected chi connectivity index (χ2v) is 8.60. The highest BCUT2D eigenvalue weighted by atomic mass is 19.1. The first-order valence-corrected chi connectivity index (χ1v) is 10.7. The van der Waals surface area contributed by atoms with Gasteiger partial charge in [-0.3, -0.25) is 0 Å². The molecule has 2 aliphatic rings. The molecule has 0 aliphatic carbocycles. The Morgan fingerprint density at radius 3 is 2.88 bits per heavy atom. The van der Waals surface area contributed by atoms with Crippen LogP contribution < -0.4 is 5.32 Å². The molecule has 0 radical (unpaired) electrons. The molecule has 0 atom stereocenters. The van der Waals surface area contributed by atoms with Gasteiger partial charge in [0.25, 0.3) is 0 Å². The van der Waals surface area contributed by atoms with Crippen molar-refractivity contribution in [1.29, 1.82) is 0 Å². The lowest BCUT2D eigenvalue weighted by Gasteiger charge is -2.36. The molecule has 0 bridgehead atoms.